The fourth-order valence-electron chi connectivity index (χ4n) is 2.36. The van der Waals surface area contributed by atoms with Gasteiger partial charge in [0.05, 0.1) is 25.0 Å². The average molecular weight is 264 g/mol. The number of rotatable bonds is 7. The summed E-state index contributed by atoms with van der Waals surface area (Å²) in [5.74, 6) is 0. The van der Waals surface area contributed by atoms with E-state index in [0.29, 0.717) is 25.8 Å². The normalized spacial score (nSPS) is 20.4. The molecule has 0 atom stereocenters. The Kier molecular flexibility index (Phi) is 6.14. The zero-order valence-corrected chi connectivity index (χ0v) is 11.9. The number of hydrogen-bond acceptors (Lipinski definition) is 4. The van der Waals surface area contributed by atoms with E-state index in [0.717, 1.165) is 25.7 Å². The molecule has 1 aliphatic carbocycles. The van der Waals surface area contributed by atoms with Crippen molar-refractivity contribution in [1.29, 1.82) is 0 Å². The van der Waals surface area contributed by atoms with Gasteiger partial charge < -0.3 is 14.2 Å². The van der Waals surface area contributed by atoms with E-state index < -0.39 is 13.2 Å². The SMILES string of the molecule is CCOP(=O)(CCC1(O)CCCCC1)OCC. The molecule has 1 fully saturated rings. The maximum Gasteiger partial charge on any atom is 0.330 e. The molecule has 0 radical (unpaired) electrons. The van der Waals surface area contributed by atoms with Gasteiger partial charge in [0, 0.05) is 0 Å². The highest BCUT2D eigenvalue weighted by Gasteiger charge is 2.33. The van der Waals surface area contributed by atoms with E-state index in [1.54, 1.807) is 13.8 Å². The zero-order valence-electron chi connectivity index (χ0n) is 11.0. The lowest BCUT2D eigenvalue weighted by molar-refractivity contribution is -0.000104. The van der Waals surface area contributed by atoms with Gasteiger partial charge in [0.1, 0.15) is 0 Å². The molecule has 0 aliphatic heterocycles. The zero-order chi connectivity index (χ0) is 12.8. The lowest BCUT2D eigenvalue weighted by Crippen LogP contribution is -2.32. The highest BCUT2D eigenvalue weighted by atomic mass is 31.2. The maximum absolute atomic E-state index is 12.2. The minimum atomic E-state index is -2.99. The van der Waals surface area contributed by atoms with Crippen LogP contribution in [0.3, 0.4) is 0 Å². The molecule has 0 saturated heterocycles. The van der Waals surface area contributed by atoms with Crippen LogP contribution in [0.5, 0.6) is 0 Å². The Morgan fingerprint density at radius 1 is 1.12 bits per heavy atom. The minimum Gasteiger partial charge on any atom is -0.390 e. The van der Waals surface area contributed by atoms with Gasteiger partial charge in [-0.15, -0.1) is 0 Å². The molecule has 0 bridgehead atoms. The molecule has 1 saturated carbocycles. The van der Waals surface area contributed by atoms with E-state index in [1.165, 1.54) is 6.42 Å². The Morgan fingerprint density at radius 2 is 1.65 bits per heavy atom. The van der Waals surface area contributed by atoms with Gasteiger partial charge in [-0.1, -0.05) is 19.3 Å². The van der Waals surface area contributed by atoms with Crippen molar-refractivity contribution >= 4 is 7.60 Å². The quantitative estimate of drug-likeness (QED) is 0.716. The van der Waals surface area contributed by atoms with Gasteiger partial charge in [0.2, 0.25) is 0 Å². The van der Waals surface area contributed by atoms with Crippen LogP contribution in [0.15, 0.2) is 0 Å². The Bertz CT molecular complexity index is 251. The third kappa shape index (κ3) is 5.09. The van der Waals surface area contributed by atoms with Gasteiger partial charge in [0.15, 0.2) is 0 Å². The molecule has 0 amide bonds. The Labute approximate surface area is 104 Å². The molecule has 0 aromatic carbocycles. The molecule has 0 aromatic rings. The first-order chi connectivity index (χ1) is 8.04. The fraction of sp³-hybridized carbons (Fsp3) is 1.00. The van der Waals surface area contributed by atoms with Crippen molar-refractivity contribution in [3.63, 3.8) is 0 Å². The summed E-state index contributed by atoms with van der Waals surface area (Å²) < 4.78 is 22.7. The highest BCUT2D eigenvalue weighted by molar-refractivity contribution is 7.53. The van der Waals surface area contributed by atoms with E-state index in [9.17, 15) is 9.67 Å². The largest absolute Gasteiger partial charge is 0.390 e. The van der Waals surface area contributed by atoms with Crippen LogP contribution in [-0.4, -0.2) is 30.1 Å². The molecular weight excluding hydrogens is 239 g/mol. The van der Waals surface area contributed by atoms with E-state index in [1.807, 2.05) is 0 Å². The van der Waals surface area contributed by atoms with Crippen molar-refractivity contribution in [2.45, 2.75) is 58.0 Å². The molecule has 17 heavy (non-hydrogen) atoms. The van der Waals surface area contributed by atoms with Gasteiger partial charge >= 0.3 is 7.60 Å². The topological polar surface area (TPSA) is 55.8 Å². The van der Waals surface area contributed by atoms with Crippen molar-refractivity contribution in [3.8, 4) is 0 Å². The first-order valence-corrected chi connectivity index (χ1v) is 8.37. The van der Waals surface area contributed by atoms with E-state index in [2.05, 4.69) is 0 Å². The molecular formula is C12H25O4P. The Hall–Kier alpha value is 0.110. The highest BCUT2D eigenvalue weighted by Crippen LogP contribution is 2.50. The number of aliphatic hydroxyl groups is 1. The van der Waals surface area contributed by atoms with Crippen LogP contribution in [0.2, 0.25) is 0 Å². The molecule has 1 N–H and O–H groups in total. The van der Waals surface area contributed by atoms with Gasteiger partial charge in [-0.25, -0.2) is 0 Å². The first kappa shape index (κ1) is 15.2. The van der Waals surface area contributed by atoms with Crippen molar-refractivity contribution in [3.05, 3.63) is 0 Å². The van der Waals surface area contributed by atoms with Crippen LogP contribution in [0.1, 0.15) is 52.4 Å². The van der Waals surface area contributed by atoms with Crippen molar-refractivity contribution in [2.24, 2.45) is 0 Å². The van der Waals surface area contributed by atoms with E-state index >= 15 is 0 Å². The second-order valence-corrected chi connectivity index (χ2v) is 6.89. The maximum atomic E-state index is 12.2. The lowest BCUT2D eigenvalue weighted by Gasteiger charge is -2.33. The third-order valence-corrected chi connectivity index (χ3v) is 5.36. The Balaban J connectivity index is 2.47. The van der Waals surface area contributed by atoms with E-state index in [-0.39, 0.29) is 0 Å². The second kappa shape index (κ2) is 6.89. The van der Waals surface area contributed by atoms with Gasteiger partial charge in [-0.05, 0) is 33.1 Å². The summed E-state index contributed by atoms with van der Waals surface area (Å²) in [6.07, 6.45) is 5.77. The molecule has 0 spiro atoms. The van der Waals surface area contributed by atoms with Crippen molar-refractivity contribution < 1.29 is 18.7 Å². The fourth-order valence-corrected chi connectivity index (χ4v) is 4.17. The van der Waals surface area contributed by atoms with Gasteiger partial charge in [0.25, 0.3) is 0 Å². The molecule has 0 unspecified atom stereocenters. The summed E-state index contributed by atoms with van der Waals surface area (Å²) in [6.45, 7) is 4.38. The molecule has 1 rings (SSSR count). The van der Waals surface area contributed by atoms with E-state index in [4.69, 9.17) is 9.05 Å². The molecule has 1 aliphatic rings. The third-order valence-electron chi connectivity index (χ3n) is 3.29. The van der Waals surface area contributed by atoms with Crippen LogP contribution in [-0.2, 0) is 13.6 Å². The van der Waals surface area contributed by atoms with Crippen LogP contribution < -0.4 is 0 Å². The molecule has 0 heterocycles. The lowest BCUT2D eigenvalue weighted by atomic mass is 9.83. The standard InChI is InChI=1S/C12H25O4P/c1-3-15-17(14,16-4-2)11-10-12(13)8-6-5-7-9-12/h13H,3-11H2,1-2H3. The molecule has 4 nitrogen and oxygen atoms in total. The van der Waals surface area contributed by atoms with Crippen LogP contribution in [0.25, 0.3) is 0 Å². The van der Waals surface area contributed by atoms with Crippen molar-refractivity contribution in [1.82, 2.24) is 0 Å². The summed E-state index contributed by atoms with van der Waals surface area (Å²) in [6, 6.07) is 0. The summed E-state index contributed by atoms with van der Waals surface area (Å²) in [5, 5.41) is 10.3. The molecule has 0 aromatic heterocycles. The van der Waals surface area contributed by atoms with Gasteiger partial charge in [-0.2, -0.15) is 0 Å². The average Bonchev–Trinajstić information content (AvgIpc) is 2.29. The first-order valence-electron chi connectivity index (χ1n) is 6.64. The predicted octanol–water partition coefficient (Wildman–Crippen LogP) is 3.34. The van der Waals surface area contributed by atoms with Crippen LogP contribution in [0, 0.1) is 0 Å². The monoisotopic (exact) mass is 264 g/mol. The molecule has 102 valence electrons. The van der Waals surface area contributed by atoms with Crippen LogP contribution >= 0.6 is 7.60 Å². The minimum absolute atomic E-state index is 0.325. The smallest absolute Gasteiger partial charge is 0.330 e. The van der Waals surface area contributed by atoms with Crippen molar-refractivity contribution in [2.75, 3.05) is 19.4 Å². The number of hydrogen-bond donors (Lipinski definition) is 1. The Morgan fingerprint density at radius 3 is 2.12 bits per heavy atom. The second-order valence-electron chi connectivity index (χ2n) is 4.71. The summed E-state index contributed by atoms with van der Waals surface area (Å²) in [5.41, 5.74) is -0.651. The summed E-state index contributed by atoms with van der Waals surface area (Å²) in [4.78, 5) is 0. The van der Waals surface area contributed by atoms with Crippen LogP contribution in [0.4, 0.5) is 0 Å². The summed E-state index contributed by atoms with van der Waals surface area (Å²) in [7, 11) is -2.99. The molecule has 5 heteroatoms. The predicted molar refractivity (Wildman–Crippen MR) is 68.4 cm³/mol. The summed E-state index contributed by atoms with van der Waals surface area (Å²) >= 11 is 0. The van der Waals surface area contributed by atoms with Gasteiger partial charge in [-0.3, -0.25) is 4.57 Å².